The fourth-order valence-corrected chi connectivity index (χ4v) is 2.83. The summed E-state index contributed by atoms with van der Waals surface area (Å²) in [4.78, 5) is 14.3. The standard InChI is InChI=1S/C18H19FN2O2/c1-23-14-8-9-17-13(11-14)5-4-10-21(17)18(22)12-20-16-7-3-2-6-15(16)19/h2-3,6-9,11,20H,4-5,10,12H2,1H3. The lowest BCUT2D eigenvalue weighted by Gasteiger charge is -2.30. The van der Waals surface area contributed by atoms with Gasteiger partial charge in [0.2, 0.25) is 5.91 Å². The highest BCUT2D eigenvalue weighted by Crippen LogP contribution is 2.30. The second-order valence-electron chi connectivity index (χ2n) is 5.48. The lowest BCUT2D eigenvalue weighted by Crippen LogP contribution is -2.39. The number of halogens is 1. The number of nitrogens with one attached hydrogen (secondary N) is 1. The zero-order valence-electron chi connectivity index (χ0n) is 13.0. The van der Waals surface area contributed by atoms with Gasteiger partial charge in [-0.15, -0.1) is 0 Å². The molecule has 0 saturated carbocycles. The number of ether oxygens (including phenoxy) is 1. The van der Waals surface area contributed by atoms with Crippen LogP contribution in [0.1, 0.15) is 12.0 Å². The van der Waals surface area contributed by atoms with Crippen LogP contribution < -0.4 is 15.0 Å². The SMILES string of the molecule is COc1ccc2c(c1)CCCN2C(=O)CNc1ccccc1F. The Labute approximate surface area is 134 Å². The van der Waals surface area contributed by atoms with Gasteiger partial charge in [-0.1, -0.05) is 12.1 Å². The summed E-state index contributed by atoms with van der Waals surface area (Å²) in [6.07, 6.45) is 1.84. The van der Waals surface area contributed by atoms with Crippen molar-refractivity contribution in [3.63, 3.8) is 0 Å². The maximum Gasteiger partial charge on any atom is 0.246 e. The number of aryl methyl sites for hydroxylation is 1. The van der Waals surface area contributed by atoms with Crippen LogP contribution in [0.3, 0.4) is 0 Å². The van der Waals surface area contributed by atoms with Gasteiger partial charge in [-0.25, -0.2) is 4.39 Å². The minimum atomic E-state index is -0.357. The summed E-state index contributed by atoms with van der Waals surface area (Å²) in [6.45, 7) is 0.740. The van der Waals surface area contributed by atoms with E-state index in [1.807, 2.05) is 18.2 Å². The summed E-state index contributed by atoms with van der Waals surface area (Å²) < 4.78 is 18.8. The van der Waals surface area contributed by atoms with E-state index < -0.39 is 0 Å². The molecule has 2 aromatic carbocycles. The second-order valence-corrected chi connectivity index (χ2v) is 5.48. The van der Waals surface area contributed by atoms with E-state index in [0.29, 0.717) is 12.2 Å². The zero-order valence-corrected chi connectivity index (χ0v) is 13.0. The Bertz CT molecular complexity index is 718. The van der Waals surface area contributed by atoms with Gasteiger partial charge in [-0.05, 0) is 48.7 Å². The molecule has 4 nitrogen and oxygen atoms in total. The molecule has 0 bridgehead atoms. The molecule has 0 unspecified atom stereocenters. The van der Waals surface area contributed by atoms with Crippen LogP contribution in [-0.2, 0) is 11.2 Å². The number of rotatable bonds is 4. The van der Waals surface area contributed by atoms with Crippen LogP contribution in [0.2, 0.25) is 0 Å². The van der Waals surface area contributed by atoms with Crippen LogP contribution in [0.4, 0.5) is 15.8 Å². The third kappa shape index (κ3) is 3.28. The molecule has 1 amide bonds. The third-order valence-electron chi connectivity index (χ3n) is 4.01. The topological polar surface area (TPSA) is 41.6 Å². The highest BCUT2D eigenvalue weighted by atomic mass is 19.1. The molecule has 2 aromatic rings. The molecule has 0 radical (unpaired) electrons. The number of para-hydroxylation sites is 1. The molecule has 0 fully saturated rings. The second kappa shape index (κ2) is 6.69. The molecule has 0 spiro atoms. The first-order chi connectivity index (χ1) is 11.2. The Morgan fingerprint density at radius 3 is 2.91 bits per heavy atom. The van der Waals surface area contributed by atoms with Crippen molar-refractivity contribution in [1.82, 2.24) is 0 Å². The molecule has 1 heterocycles. The number of carbonyl (C=O) groups is 1. The lowest BCUT2D eigenvalue weighted by atomic mass is 10.0. The van der Waals surface area contributed by atoms with E-state index in [2.05, 4.69) is 5.32 Å². The minimum Gasteiger partial charge on any atom is -0.497 e. The van der Waals surface area contributed by atoms with Crippen LogP contribution in [0.15, 0.2) is 42.5 Å². The van der Waals surface area contributed by atoms with Crippen molar-refractivity contribution in [2.24, 2.45) is 0 Å². The molecule has 0 saturated heterocycles. The van der Waals surface area contributed by atoms with Crippen LogP contribution in [-0.4, -0.2) is 26.1 Å². The average molecular weight is 314 g/mol. The minimum absolute atomic E-state index is 0.0619. The molecule has 1 N–H and O–H groups in total. The molecule has 0 aliphatic carbocycles. The number of carbonyl (C=O) groups excluding carboxylic acids is 1. The first-order valence-corrected chi connectivity index (χ1v) is 7.64. The molecular weight excluding hydrogens is 295 g/mol. The van der Waals surface area contributed by atoms with Crippen LogP contribution in [0.25, 0.3) is 0 Å². The van der Waals surface area contributed by atoms with E-state index >= 15 is 0 Å². The summed E-state index contributed by atoms with van der Waals surface area (Å²) in [7, 11) is 1.63. The van der Waals surface area contributed by atoms with E-state index in [-0.39, 0.29) is 18.3 Å². The van der Waals surface area contributed by atoms with Crippen molar-refractivity contribution in [2.45, 2.75) is 12.8 Å². The number of anilines is 2. The van der Waals surface area contributed by atoms with Gasteiger partial charge in [0.05, 0.1) is 19.3 Å². The van der Waals surface area contributed by atoms with Crippen molar-refractivity contribution in [1.29, 1.82) is 0 Å². The Morgan fingerprint density at radius 1 is 1.30 bits per heavy atom. The monoisotopic (exact) mass is 314 g/mol. The summed E-state index contributed by atoms with van der Waals surface area (Å²) in [5.74, 6) is 0.367. The molecule has 1 aliphatic rings. The van der Waals surface area contributed by atoms with Gasteiger partial charge < -0.3 is 15.0 Å². The molecule has 3 rings (SSSR count). The van der Waals surface area contributed by atoms with E-state index in [1.165, 1.54) is 6.07 Å². The van der Waals surface area contributed by atoms with Crippen molar-refractivity contribution >= 4 is 17.3 Å². The van der Waals surface area contributed by atoms with Gasteiger partial charge in [0.1, 0.15) is 11.6 Å². The van der Waals surface area contributed by atoms with Crippen molar-refractivity contribution in [3.05, 3.63) is 53.8 Å². The Kier molecular flexibility index (Phi) is 4.46. The highest BCUT2D eigenvalue weighted by Gasteiger charge is 2.22. The normalized spacial score (nSPS) is 13.4. The van der Waals surface area contributed by atoms with Crippen molar-refractivity contribution < 1.29 is 13.9 Å². The molecule has 23 heavy (non-hydrogen) atoms. The summed E-state index contributed by atoms with van der Waals surface area (Å²) in [6, 6.07) is 12.1. The first kappa shape index (κ1) is 15.3. The fraction of sp³-hybridized carbons (Fsp3) is 0.278. The maximum absolute atomic E-state index is 13.6. The first-order valence-electron chi connectivity index (χ1n) is 7.64. The quantitative estimate of drug-likeness (QED) is 0.942. The van der Waals surface area contributed by atoms with Gasteiger partial charge in [0, 0.05) is 12.2 Å². The smallest absolute Gasteiger partial charge is 0.246 e. The molecule has 120 valence electrons. The number of hydrogen-bond donors (Lipinski definition) is 1. The largest absolute Gasteiger partial charge is 0.497 e. The van der Waals surface area contributed by atoms with Crippen molar-refractivity contribution in [2.75, 3.05) is 30.4 Å². The zero-order chi connectivity index (χ0) is 16.2. The van der Waals surface area contributed by atoms with E-state index in [4.69, 9.17) is 4.74 Å². The maximum atomic E-state index is 13.6. The number of benzene rings is 2. The van der Waals surface area contributed by atoms with E-state index in [9.17, 15) is 9.18 Å². The van der Waals surface area contributed by atoms with Crippen molar-refractivity contribution in [3.8, 4) is 5.75 Å². The molecule has 1 aliphatic heterocycles. The number of nitrogens with zero attached hydrogens (tertiary/aromatic N) is 1. The van der Waals surface area contributed by atoms with E-state index in [1.54, 1.807) is 30.2 Å². The van der Waals surface area contributed by atoms with Crippen LogP contribution >= 0.6 is 0 Å². The predicted octanol–water partition coefficient (Wildman–Crippen LogP) is 3.23. The van der Waals surface area contributed by atoms with Gasteiger partial charge in [-0.2, -0.15) is 0 Å². The lowest BCUT2D eigenvalue weighted by molar-refractivity contribution is -0.117. The number of methoxy groups -OCH3 is 1. The van der Waals surface area contributed by atoms with Gasteiger partial charge in [0.15, 0.2) is 0 Å². The van der Waals surface area contributed by atoms with Gasteiger partial charge in [-0.3, -0.25) is 4.79 Å². The Balaban J connectivity index is 1.73. The molecular formula is C18H19FN2O2. The number of hydrogen-bond acceptors (Lipinski definition) is 3. The Hall–Kier alpha value is -2.56. The number of amides is 1. The van der Waals surface area contributed by atoms with Crippen LogP contribution in [0.5, 0.6) is 5.75 Å². The van der Waals surface area contributed by atoms with Gasteiger partial charge >= 0.3 is 0 Å². The molecule has 0 atom stereocenters. The highest BCUT2D eigenvalue weighted by molar-refractivity contribution is 5.97. The third-order valence-corrected chi connectivity index (χ3v) is 4.01. The number of fused-ring (bicyclic) bond motifs is 1. The summed E-state index contributed by atoms with van der Waals surface area (Å²) in [5.41, 5.74) is 2.36. The van der Waals surface area contributed by atoms with Crippen LogP contribution in [0, 0.1) is 5.82 Å². The molecule has 0 aromatic heterocycles. The molecule has 5 heteroatoms. The summed E-state index contributed by atoms with van der Waals surface area (Å²) >= 11 is 0. The summed E-state index contributed by atoms with van der Waals surface area (Å²) in [5, 5.41) is 2.87. The average Bonchev–Trinajstić information content (AvgIpc) is 2.59. The fourth-order valence-electron chi connectivity index (χ4n) is 2.83. The Morgan fingerprint density at radius 2 is 2.13 bits per heavy atom. The predicted molar refractivity (Wildman–Crippen MR) is 88.6 cm³/mol. The van der Waals surface area contributed by atoms with Gasteiger partial charge in [0.25, 0.3) is 0 Å². The van der Waals surface area contributed by atoms with E-state index in [0.717, 1.165) is 29.8 Å².